The van der Waals surface area contributed by atoms with Crippen molar-refractivity contribution < 1.29 is 26.0 Å². The Labute approximate surface area is 139 Å². The molecule has 2 aromatic rings. The Morgan fingerprint density at radius 1 is 0.739 bits per heavy atom. The first-order valence-corrected chi connectivity index (χ1v) is 8.28. The summed E-state index contributed by atoms with van der Waals surface area (Å²) in [5, 5.41) is -0.186. The van der Waals surface area contributed by atoms with Crippen LogP contribution >= 0.6 is 23.2 Å². The summed E-state index contributed by atoms with van der Waals surface area (Å²) in [7, 11) is -4.60. The Bertz CT molecular complexity index is 775. The van der Waals surface area contributed by atoms with E-state index >= 15 is 0 Å². The van der Waals surface area contributed by atoms with E-state index in [0.29, 0.717) is 0 Å². The van der Waals surface area contributed by atoms with Gasteiger partial charge in [-0.3, -0.25) is 0 Å². The third-order valence-corrected chi connectivity index (χ3v) is 5.36. The maximum Gasteiger partial charge on any atom is 0.265 e. The molecule has 0 aliphatic carbocycles. The Morgan fingerprint density at radius 2 is 1.09 bits per heavy atom. The van der Waals surface area contributed by atoms with Gasteiger partial charge in [0.05, 0.1) is 9.79 Å². The van der Waals surface area contributed by atoms with Crippen LogP contribution in [0.2, 0.25) is 10.0 Å². The average molecular weight is 387 g/mol. The van der Waals surface area contributed by atoms with Gasteiger partial charge in [0, 0.05) is 21.2 Å². The van der Waals surface area contributed by atoms with E-state index in [9.17, 15) is 26.0 Å². The summed E-state index contributed by atoms with van der Waals surface area (Å²) in [5.74, 6) is 0. The minimum absolute atomic E-state index is 0.0931. The van der Waals surface area contributed by atoms with Gasteiger partial charge >= 0.3 is 0 Å². The van der Waals surface area contributed by atoms with Crippen molar-refractivity contribution in [2.75, 3.05) is 0 Å². The first-order chi connectivity index (χ1) is 10.6. The second kappa shape index (κ2) is 6.67. The Morgan fingerprint density at radius 3 is 1.39 bits per heavy atom. The van der Waals surface area contributed by atoms with E-state index in [1.807, 2.05) is 0 Å². The van der Waals surface area contributed by atoms with Crippen LogP contribution in [0, 0.1) is 0 Å². The number of halogens is 6. The van der Waals surface area contributed by atoms with Crippen molar-refractivity contribution in [3.05, 3.63) is 57.6 Å². The number of benzene rings is 2. The monoisotopic (exact) mass is 386 g/mol. The van der Waals surface area contributed by atoms with Crippen LogP contribution in [0.25, 0.3) is 0 Å². The van der Waals surface area contributed by atoms with Crippen molar-refractivity contribution in [3.63, 3.8) is 0 Å². The smallest absolute Gasteiger partial charge is 0.218 e. The lowest BCUT2D eigenvalue weighted by molar-refractivity contribution is 0.147. The molecule has 0 unspecified atom stereocenters. The van der Waals surface area contributed by atoms with Crippen LogP contribution in [0.4, 0.5) is 17.6 Å². The molecular weight excluding hydrogens is 379 g/mol. The summed E-state index contributed by atoms with van der Waals surface area (Å²) in [6, 6.07) is 5.50. The van der Waals surface area contributed by atoms with Gasteiger partial charge in [0.1, 0.15) is 0 Å². The molecule has 0 aliphatic heterocycles. The molecule has 23 heavy (non-hydrogen) atoms. The highest BCUT2D eigenvalue weighted by Crippen LogP contribution is 2.37. The molecule has 124 valence electrons. The lowest BCUT2D eigenvalue weighted by Gasteiger charge is -2.14. The highest BCUT2D eigenvalue weighted by molar-refractivity contribution is 7.91. The van der Waals surface area contributed by atoms with Gasteiger partial charge in [0.2, 0.25) is 9.84 Å². The van der Waals surface area contributed by atoms with Crippen LogP contribution in [-0.2, 0) is 9.84 Å². The third-order valence-electron chi connectivity index (χ3n) is 2.99. The van der Waals surface area contributed by atoms with Gasteiger partial charge in [-0.05, 0) is 36.4 Å². The van der Waals surface area contributed by atoms with Crippen molar-refractivity contribution in [2.45, 2.75) is 22.6 Å². The zero-order valence-corrected chi connectivity index (χ0v) is 13.4. The van der Waals surface area contributed by atoms with Crippen molar-refractivity contribution in [2.24, 2.45) is 0 Å². The molecule has 0 saturated heterocycles. The largest absolute Gasteiger partial charge is 0.265 e. The molecule has 0 amide bonds. The van der Waals surface area contributed by atoms with E-state index in [2.05, 4.69) is 0 Å². The van der Waals surface area contributed by atoms with Crippen molar-refractivity contribution in [3.8, 4) is 0 Å². The summed E-state index contributed by atoms with van der Waals surface area (Å²) in [6.07, 6.45) is -6.28. The van der Waals surface area contributed by atoms with Gasteiger partial charge in [-0.15, -0.1) is 0 Å². The predicted octanol–water partition coefficient (Wildman–Crippen LogP) is 5.70. The molecule has 0 heterocycles. The fraction of sp³-hybridized carbons (Fsp3) is 0.143. The molecule has 0 spiro atoms. The van der Waals surface area contributed by atoms with E-state index in [4.69, 9.17) is 23.2 Å². The second-order valence-corrected chi connectivity index (χ2v) is 7.23. The van der Waals surface area contributed by atoms with Gasteiger partial charge in [0.25, 0.3) is 12.9 Å². The van der Waals surface area contributed by atoms with E-state index in [-0.39, 0.29) is 10.0 Å². The van der Waals surface area contributed by atoms with Gasteiger partial charge < -0.3 is 0 Å². The third kappa shape index (κ3) is 3.62. The zero-order valence-electron chi connectivity index (χ0n) is 11.1. The summed E-state index contributed by atoms with van der Waals surface area (Å²) in [5.41, 5.74) is -1.71. The molecule has 0 radical (unpaired) electrons. The first-order valence-electron chi connectivity index (χ1n) is 6.05. The Hall–Kier alpha value is -1.31. The molecule has 2 rings (SSSR count). The van der Waals surface area contributed by atoms with E-state index < -0.39 is 43.6 Å². The van der Waals surface area contributed by atoms with Gasteiger partial charge in [-0.2, -0.15) is 0 Å². The fourth-order valence-electron chi connectivity index (χ4n) is 1.99. The van der Waals surface area contributed by atoms with Crippen LogP contribution in [0.1, 0.15) is 24.0 Å². The predicted molar refractivity (Wildman–Crippen MR) is 78.3 cm³/mol. The lowest BCUT2D eigenvalue weighted by Crippen LogP contribution is -2.09. The molecule has 0 atom stereocenters. The van der Waals surface area contributed by atoms with Crippen LogP contribution in [0.15, 0.2) is 46.2 Å². The number of alkyl halides is 4. The number of sulfone groups is 1. The number of hydrogen-bond acceptors (Lipinski definition) is 2. The second-order valence-electron chi connectivity index (χ2n) is 4.47. The zero-order chi connectivity index (χ0) is 17.4. The fourth-order valence-corrected chi connectivity index (χ4v) is 4.00. The van der Waals surface area contributed by atoms with Crippen LogP contribution in [-0.4, -0.2) is 8.42 Å². The standard InChI is InChI=1S/C14H8Cl2F4O2S/c15-7-1-3-11(9(5-7)13(17)18)23(21,22)12-4-2-8(16)6-10(12)14(19)20/h1-6,13-14H. The summed E-state index contributed by atoms with van der Waals surface area (Å²) < 4.78 is 77.4. The molecule has 0 fully saturated rings. The minimum Gasteiger partial charge on any atom is -0.218 e. The van der Waals surface area contributed by atoms with E-state index in [1.54, 1.807) is 0 Å². The Balaban J connectivity index is 2.74. The lowest BCUT2D eigenvalue weighted by atomic mass is 10.2. The molecule has 0 aliphatic rings. The summed E-state index contributed by atoms with van der Waals surface area (Å²) in [6.45, 7) is 0. The SMILES string of the molecule is O=S(=O)(c1ccc(Cl)cc1C(F)F)c1ccc(Cl)cc1C(F)F. The number of hydrogen-bond donors (Lipinski definition) is 0. The maximum absolute atomic E-state index is 13.1. The van der Waals surface area contributed by atoms with Gasteiger partial charge in [-0.1, -0.05) is 23.2 Å². The first kappa shape index (κ1) is 18.0. The highest BCUT2D eigenvalue weighted by atomic mass is 35.5. The van der Waals surface area contributed by atoms with Crippen molar-refractivity contribution >= 4 is 33.0 Å². The van der Waals surface area contributed by atoms with Gasteiger partial charge in [-0.25, -0.2) is 26.0 Å². The summed E-state index contributed by atoms with van der Waals surface area (Å²) >= 11 is 11.2. The van der Waals surface area contributed by atoms with E-state index in [1.165, 1.54) is 0 Å². The van der Waals surface area contributed by atoms with Crippen LogP contribution < -0.4 is 0 Å². The molecule has 2 aromatic carbocycles. The van der Waals surface area contributed by atoms with E-state index in [0.717, 1.165) is 36.4 Å². The highest BCUT2D eigenvalue weighted by Gasteiger charge is 2.30. The average Bonchev–Trinajstić information content (AvgIpc) is 2.46. The molecule has 2 nitrogen and oxygen atoms in total. The molecule has 0 N–H and O–H groups in total. The van der Waals surface area contributed by atoms with Gasteiger partial charge in [0.15, 0.2) is 0 Å². The minimum atomic E-state index is -4.60. The quantitative estimate of drug-likeness (QED) is 0.631. The topological polar surface area (TPSA) is 34.1 Å². The number of rotatable bonds is 4. The van der Waals surface area contributed by atoms with Crippen LogP contribution in [0.3, 0.4) is 0 Å². The summed E-state index contributed by atoms with van der Waals surface area (Å²) in [4.78, 5) is -1.55. The van der Waals surface area contributed by atoms with Crippen molar-refractivity contribution in [1.29, 1.82) is 0 Å². The molecule has 0 bridgehead atoms. The van der Waals surface area contributed by atoms with Crippen LogP contribution in [0.5, 0.6) is 0 Å². The molecule has 0 aromatic heterocycles. The molecular formula is C14H8Cl2F4O2S. The Kier molecular flexibility index (Phi) is 5.23. The normalized spacial score (nSPS) is 12.2. The molecule has 9 heteroatoms. The van der Waals surface area contributed by atoms with Crippen molar-refractivity contribution in [1.82, 2.24) is 0 Å². The maximum atomic E-state index is 13.1. The molecule has 0 saturated carbocycles.